The second-order valence-corrected chi connectivity index (χ2v) is 10.5. The minimum Gasteiger partial charge on any atom is -0.377 e. The van der Waals surface area contributed by atoms with Gasteiger partial charge in [-0.2, -0.15) is 8.42 Å². The van der Waals surface area contributed by atoms with Gasteiger partial charge in [-0.25, -0.2) is 4.98 Å². The molecule has 0 radical (unpaired) electrons. The molecule has 1 aliphatic rings. The number of ether oxygens (including phenoxy) is 1. The van der Waals surface area contributed by atoms with Crippen LogP contribution in [0.3, 0.4) is 0 Å². The molecular formula is C23H22IN3O6S. The predicted octanol–water partition coefficient (Wildman–Crippen LogP) is 3.79. The Labute approximate surface area is 211 Å². The van der Waals surface area contributed by atoms with Crippen LogP contribution in [0.4, 0.5) is 11.5 Å². The van der Waals surface area contributed by atoms with Gasteiger partial charge < -0.3 is 9.64 Å². The highest BCUT2D eigenvalue weighted by molar-refractivity contribution is 14.1. The highest BCUT2D eigenvalue weighted by Crippen LogP contribution is 2.28. The molecular weight excluding hydrogens is 573 g/mol. The molecule has 178 valence electrons. The lowest BCUT2D eigenvalue weighted by Crippen LogP contribution is -2.31. The van der Waals surface area contributed by atoms with E-state index in [1.165, 1.54) is 25.3 Å². The minimum atomic E-state index is -4.24. The second kappa shape index (κ2) is 10.3. The first-order valence-electron chi connectivity index (χ1n) is 10.4. The molecule has 0 amide bonds. The molecule has 1 fully saturated rings. The van der Waals surface area contributed by atoms with Crippen LogP contribution in [0.1, 0.15) is 11.3 Å². The van der Waals surface area contributed by atoms with Crippen LogP contribution < -0.4 is 4.90 Å². The van der Waals surface area contributed by atoms with Crippen LogP contribution in [0.15, 0.2) is 71.6 Å². The van der Waals surface area contributed by atoms with E-state index in [0.717, 1.165) is 20.9 Å². The van der Waals surface area contributed by atoms with E-state index in [-0.39, 0.29) is 17.1 Å². The van der Waals surface area contributed by atoms with Crippen molar-refractivity contribution >= 4 is 44.2 Å². The van der Waals surface area contributed by atoms with E-state index in [1.807, 2.05) is 47.4 Å². The molecule has 11 heteroatoms. The van der Waals surface area contributed by atoms with Gasteiger partial charge in [-0.15, -0.1) is 0 Å². The van der Waals surface area contributed by atoms with Crippen molar-refractivity contribution in [2.45, 2.75) is 23.5 Å². The molecule has 4 rings (SSSR count). The van der Waals surface area contributed by atoms with Gasteiger partial charge in [0.05, 0.1) is 10.6 Å². The Bertz CT molecular complexity index is 1290. The summed E-state index contributed by atoms with van der Waals surface area (Å²) in [5.74, 6) is 0.701. The number of nitro groups is 1. The smallest absolute Gasteiger partial charge is 0.297 e. The number of rotatable bonds is 8. The Hall–Kier alpha value is -2.61. The van der Waals surface area contributed by atoms with E-state index in [9.17, 15) is 18.5 Å². The van der Waals surface area contributed by atoms with E-state index in [1.54, 1.807) is 0 Å². The van der Waals surface area contributed by atoms with Crippen LogP contribution in [0.5, 0.6) is 0 Å². The Morgan fingerprint density at radius 2 is 1.82 bits per heavy atom. The van der Waals surface area contributed by atoms with Crippen molar-refractivity contribution < 1.29 is 22.3 Å². The summed E-state index contributed by atoms with van der Waals surface area (Å²) in [6.07, 6.45) is -0.643. The average molecular weight is 595 g/mol. The van der Waals surface area contributed by atoms with Gasteiger partial charge in [-0.05, 0) is 46.4 Å². The van der Waals surface area contributed by atoms with Gasteiger partial charge in [0.1, 0.15) is 22.9 Å². The first-order chi connectivity index (χ1) is 16.3. The summed E-state index contributed by atoms with van der Waals surface area (Å²) >= 11 is 2.26. The Balaban J connectivity index is 1.53. The molecule has 2 heterocycles. The molecule has 1 saturated heterocycles. The highest BCUT2D eigenvalue weighted by Gasteiger charge is 2.38. The SMILES string of the molecule is CO[C@@H]1CN(c2ccc(I)c(Cc3ccccc3)n2)C[C@H]1OS(=O)(=O)c1cccc([N+](=O)[O-])c1. The number of non-ortho nitro benzene ring substituents is 1. The van der Waals surface area contributed by atoms with Gasteiger partial charge in [0.15, 0.2) is 0 Å². The van der Waals surface area contributed by atoms with Crippen molar-refractivity contribution in [3.05, 3.63) is 91.7 Å². The van der Waals surface area contributed by atoms with Crippen molar-refractivity contribution in [3.63, 3.8) is 0 Å². The second-order valence-electron chi connectivity index (χ2n) is 7.78. The molecule has 34 heavy (non-hydrogen) atoms. The van der Waals surface area contributed by atoms with Crippen LogP contribution in [-0.4, -0.2) is 50.7 Å². The van der Waals surface area contributed by atoms with Crippen LogP contribution in [0.25, 0.3) is 0 Å². The van der Waals surface area contributed by atoms with E-state index in [0.29, 0.717) is 18.8 Å². The molecule has 0 aliphatic carbocycles. The average Bonchev–Trinajstić information content (AvgIpc) is 3.23. The van der Waals surface area contributed by atoms with Gasteiger partial charge in [0, 0.05) is 42.3 Å². The number of halogens is 1. The number of anilines is 1. The number of nitro benzene ring substituents is 1. The molecule has 0 N–H and O–H groups in total. The van der Waals surface area contributed by atoms with Gasteiger partial charge >= 0.3 is 0 Å². The van der Waals surface area contributed by atoms with Crippen molar-refractivity contribution in [2.24, 2.45) is 0 Å². The summed E-state index contributed by atoms with van der Waals surface area (Å²) in [6, 6.07) is 18.7. The van der Waals surface area contributed by atoms with E-state index >= 15 is 0 Å². The van der Waals surface area contributed by atoms with Crippen molar-refractivity contribution in [1.82, 2.24) is 4.98 Å². The topological polar surface area (TPSA) is 112 Å². The van der Waals surface area contributed by atoms with Gasteiger partial charge in [0.2, 0.25) is 0 Å². The molecule has 0 bridgehead atoms. The molecule has 1 aliphatic heterocycles. The first-order valence-corrected chi connectivity index (χ1v) is 12.9. The lowest BCUT2D eigenvalue weighted by Gasteiger charge is -2.18. The number of benzene rings is 2. The van der Waals surface area contributed by atoms with E-state index < -0.39 is 27.2 Å². The Kier molecular flexibility index (Phi) is 7.45. The van der Waals surface area contributed by atoms with Crippen LogP contribution in [-0.2, 0) is 25.5 Å². The molecule has 0 saturated carbocycles. The normalized spacial score (nSPS) is 18.2. The van der Waals surface area contributed by atoms with Crippen molar-refractivity contribution in [1.29, 1.82) is 0 Å². The number of hydrogen-bond acceptors (Lipinski definition) is 8. The predicted molar refractivity (Wildman–Crippen MR) is 134 cm³/mol. The third-order valence-electron chi connectivity index (χ3n) is 5.53. The summed E-state index contributed by atoms with van der Waals surface area (Å²) in [6.45, 7) is 0.634. The number of pyridine rings is 1. The van der Waals surface area contributed by atoms with Gasteiger partial charge in [0.25, 0.3) is 15.8 Å². The third-order valence-corrected chi connectivity index (χ3v) is 7.84. The third kappa shape index (κ3) is 5.54. The minimum absolute atomic E-state index is 0.241. The number of hydrogen-bond donors (Lipinski definition) is 0. The molecule has 0 spiro atoms. The van der Waals surface area contributed by atoms with Gasteiger partial charge in [-0.1, -0.05) is 36.4 Å². The van der Waals surface area contributed by atoms with Gasteiger partial charge in [-0.3, -0.25) is 14.3 Å². The Morgan fingerprint density at radius 1 is 1.09 bits per heavy atom. The van der Waals surface area contributed by atoms with Crippen LogP contribution in [0.2, 0.25) is 0 Å². The number of nitrogens with zero attached hydrogens (tertiary/aromatic N) is 3. The molecule has 3 aromatic rings. The summed E-state index contributed by atoms with van der Waals surface area (Å²) in [5.41, 5.74) is 1.74. The fourth-order valence-corrected chi connectivity index (χ4v) is 5.41. The molecule has 2 atom stereocenters. The quantitative estimate of drug-likeness (QED) is 0.167. The summed E-state index contributed by atoms with van der Waals surface area (Å²) < 4.78 is 37.7. The standard InChI is InChI=1S/C23H22IN3O6S/c1-32-21-14-26(23-11-10-19(24)20(25-23)12-16-6-3-2-4-7-16)15-22(21)33-34(30,31)18-9-5-8-17(13-18)27(28)29/h2-11,13,21-22H,12,14-15H2,1H3/t21-,22-/m1/s1. The Morgan fingerprint density at radius 3 is 2.53 bits per heavy atom. The van der Waals surface area contributed by atoms with E-state index in [4.69, 9.17) is 13.9 Å². The molecule has 2 aromatic carbocycles. The highest BCUT2D eigenvalue weighted by atomic mass is 127. The largest absolute Gasteiger partial charge is 0.377 e. The first kappa shape index (κ1) is 24.5. The summed E-state index contributed by atoms with van der Waals surface area (Å²) in [5, 5.41) is 11.0. The van der Waals surface area contributed by atoms with E-state index in [2.05, 4.69) is 22.6 Å². The molecule has 9 nitrogen and oxygen atoms in total. The fourth-order valence-electron chi connectivity index (χ4n) is 3.78. The maximum atomic E-state index is 12.8. The van der Waals surface area contributed by atoms with Crippen molar-refractivity contribution in [3.8, 4) is 0 Å². The lowest BCUT2D eigenvalue weighted by atomic mass is 10.1. The zero-order chi connectivity index (χ0) is 24.3. The maximum Gasteiger partial charge on any atom is 0.297 e. The van der Waals surface area contributed by atoms with Crippen LogP contribution >= 0.6 is 22.6 Å². The zero-order valence-corrected chi connectivity index (χ0v) is 21.2. The summed E-state index contributed by atoms with van der Waals surface area (Å²) in [4.78, 5) is 16.8. The lowest BCUT2D eigenvalue weighted by molar-refractivity contribution is -0.385. The number of aromatic nitrogens is 1. The summed E-state index contributed by atoms with van der Waals surface area (Å²) in [7, 11) is -2.74. The van der Waals surface area contributed by atoms with Crippen LogP contribution in [0, 0.1) is 13.7 Å². The fraction of sp³-hybridized carbons (Fsp3) is 0.261. The van der Waals surface area contributed by atoms with Crippen molar-refractivity contribution in [2.75, 3.05) is 25.1 Å². The monoisotopic (exact) mass is 595 g/mol. The number of methoxy groups -OCH3 is 1. The maximum absolute atomic E-state index is 12.8. The molecule has 0 unspecified atom stereocenters. The zero-order valence-electron chi connectivity index (χ0n) is 18.2. The molecule has 1 aromatic heterocycles.